The third-order valence-electron chi connectivity index (χ3n) is 4.68. The molecule has 3 rings (SSSR count). The first kappa shape index (κ1) is 15.2. The second-order valence-corrected chi connectivity index (χ2v) is 6.24. The lowest BCUT2D eigenvalue weighted by Gasteiger charge is -2.19. The smallest absolute Gasteiger partial charge is 0.223 e. The normalized spacial score (nSPS) is 17.9. The number of fused-ring (bicyclic) bond motifs is 1. The van der Waals surface area contributed by atoms with Crippen LogP contribution < -0.4 is 5.32 Å². The summed E-state index contributed by atoms with van der Waals surface area (Å²) >= 11 is 0. The van der Waals surface area contributed by atoms with Crippen LogP contribution in [0.2, 0.25) is 0 Å². The quantitative estimate of drug-likeness (QED) is 0.865. The lowest BCUT2D eigenvalue weighted by molar-refractivity contribution is -0.130. The average Bonchev–Trinajstić information content (AvgIpc) is 2.83. The maximum atomic E-state index is 12.3. The van der Waals surface area contributed by atoms with Gasteiger partial charge in [0.15, 0.2) is 5.78 Å². The van der Waals surface area contributed by atoms with E-state index in [1.807, 2.05) is 17.0 Å². The predicted octanol–water partition coefficient (Wildman–Crippen LogP) is 1.96. The molecule has 0 radical (unpaired) electrons. The van der Waals surface area contributed by atoms with E-state index in [9.17, 15) is 9.59 Å². The minimum atomic E-state index is 0.0935. The van der Waals surface area contributed by atoms with Gasteiger partial charge in [-0.05, 0) is 49.4 Å². The van der Waals surface area contributed by atoms with Crippen molar-refractivity contribution in [2.75, 3.05) is 26.2 Å². The molecular formula is C18H24N2O2. The van der Waals surface area contributed by atoms with Crippen LogP contribution in [-0.2, 0) is 17.6 Å². The Morgan fingerprint density at radius 3 is 2.77 bits per heavy atom. The average molecular weight is 300 g/mol. The Morgan fingerprint density at radius 2 is 1.86 bits per heavy atom. The van der Waals surface area contributed by atoms with E-state index in [4.69, 9.17) is 0 Å². The van der Waals surface area contributed by atoms with E-state index < -0.39 is 0 Å². The summed E-state index contributed by atoms with van der Waals surface area (Å²) in [6.07, 6.45) is 5.04. The summed E-state index contributed by atoms with van der Waals surface area (Å²) in [4.78, 5) is 26.4. The van der Waals surface area contributed by atoms with Crippen molar-refractivity contribution < 1.29 is 9.59 Å². The number of nitrogens with zero attached hydrogens (tertiary/aromatic N) is 1. The molecule has 1 N–H and O–H groups in total. The van der Waals surface area contributed by atoms with E-state index >= 15 is 0 Å². The third kappa shape index (κ3) is 3.55. The summed E-state index contributed by atoms with van der Waals surface area (Å²) in [6.45, 7) is 3.38. The van der Waals surface area contributed by atoms with Crippen LogP contribution in [0.15, 0.2) is 18.2 Å². The van der Waals surface area contributed by atoms with Gasteiger partial charge in [-0.15, -0.1) is 0 Å². The van der Waals surface area contributed by atoms with Crippen LogP contribution in [0, 0.1) is 0 Å². The topological polar surface area (TPSA) is 49.4 Å². The second-order valence-electron chi connectivity index (χ2n) is 6.24. The van der Waals surface area contributed by atoms with E-state index in [2.05, 4.69) is 11.4 Å². The number of nitrogens with one attached hydrogen (secondary N) is 1. The number of amides is 1. The second kappa shape index (κ2) is 7.05. The van der Waals surface area contributed by atoms with Crippen molar-refractivity contribution in [1.29, 1.82) is 0 Å². The van der Waals surface area contributed by atoms with Crippen LogP contribution in [0.3, 0.4) is 0 Å². The van der Waals surface area contributed by atoms with E-state index in [1.54, 1.807) is 0 Å². The number of benzene rings is 1. The fraction of sp³-hybridized carbons (Fsp3) is 0.556. The molecule has 1 saturated heterocycles. The van der Waals surface area contributed by atoms with Crippen molar-refractivity contribution in [1.82, 2.24) is 10.2 Å². The third-order valence-corrected chi connectivity index (χ3v) is 4.68. The predicted molar refractivity (Wildman–Crippen MR) is 86.1 cm³/mol. The highest BCUT2D eigenvalue weighted by Gasteiger charge is 2.18. The van der Waals surface area contributed by atoms with Gasteiger partial charge >= 0.3 is 0 Å². The van der Waals surface area contributed by atoms with Crippen molar-refractivity contribution in [2.24, 2.45) is 0 Å². The number of carbonyl (C=O) groups is 2. The number of aryl methyl sites for hydroxylation is 2. The highest BCUT2D eigenvalue weighted by atomic mass is 16.2. The van der Waals surface area contributed by atoms with E-state index in [0.29, 0.717) is 12.8 Å². The monoisotopic (exact) mass is 300 g/mol. The summed E-state index contributed by atoms with van der Waals surface area (Å²) in [7, 11) is 0. The van der Waals surface area contributed by atoms with E-state index in [0.717, 1.165) is 51.0 Å². The molecule has 22 heavy (non-hydrogen) atoms. The van der Waals surface area contributed by atoms with Crippen LogP contribution >= 0.6 is 0 Å². The molecule has 1 amide bonds. The van der Waals surface area contributed by atoms with Gasteiger partial charge in [0, 0.05) is 38.0 Å². The van der Waals surface area contributed by atoms with Gasteiger partial charge < -0.3 is 10.2 Å². The van der Waals surface area contributed by atoms with Crippen molar-refractivity contribution >= 4 is 11.7 Å². The maximum Gasteiger partial charge on any atom is 0.223 e. The Labute approximate surface area is 131 Å². The molecule has 0 bridgehead atoms. The molecular weight excluding hydrogens is 276 g/mol. The van der Waals surface area contributed by atoms with Gasteiger partial charge in [-0.1, -0.05) is 12.1 Å². The molecule has 4 nitrogen and oxygen atoms in total. The first-order valence-corrected chi connectivity index (χ1v) is 8.37. The van der Waals surface area contributed by atoms with Crippen LogP contribution in [0.1, 0.15) is 47.2 Å². The Balaban J connectivity index is 1.54. The number of carbonyl (C=O) groups excluding carboxylic acids is 2. The Bertz CT molecular complexity index is 560. The highest BCUT2D eigenvalue weighted by molar-refractivity contribution is 5.98. The van der Waals surface area contributed by atoms with Crippen molar-refractivity contribution in [3.63, 3.8) is 0 Å². The largest absolute Gasteiger partial charge is 0.341 e. The first-order valence-electron chi connectivity index (χ1n) is 8.37. The van der Waals surface area contributed by atoms with Crippen LogP contribution in [0.4, 0.5) is 0 Å². The van der Waals surface area contributed by atoms with Gasteiger partial charge in [-0.2, -0.15) is 0 Å². The van der Waals surface area contributed by atoms with Crippen LogP contribution in [0.25, 0.3) is 0 Å². The molecule has 4 heteroatoms. The summed E-state index contributed by atoms with van der Waals surface area (Å²) < 4.78 is 0. The van der Waals surface area contributed by atoms with Crippen molar-refractivity contribution in [3.05, 3.63) is 34.9 Å². The first-order chi connectivity index (χ1) is 10.7. The molecule has 0 aromatic heterocycles. The summed E-state index contributed by atoms with van der Waals surface area (Å²) in [5.41, 5.74) is 3.46. The molecule has 1 fully saturated rings. The van der Waals surface area contributed by atoms with E-state index in [-0.39, 0.29) is 11.7 Å². The van der Waals surface area contributed by atoms with Gasteiger partial charge in [0.1, 0.15) is 0 Å². The zero-order valence-electron chi connectivity index (χ0n) is 13.1. The zero-order chi connectivity index (χ0) is 15.4. The summed E-state index contributed by atoms with van der Waals surface area (Å²) in [5.74, 6) is 0.203. The molecule has 118 valence electrons. The van der Waals surface area contributed by atoms with E-state index in [1.165, 1.54) is 17.5 Å². The zero-order valence-corrected chi connectivity index (χ0v) is 13.1. The summed E-state index contributed by atoms with van der Waals surface area (Å²) in [5, 5.41) is 3.29. The van der Waals surface area contributed by atoms with Gasteiger partial charge in [0.25, 0.3) is 0 Å². The summed E-state index contributed by atoms with van der Waals surface area (Å²) in [6, 6.07) is 6.04. The molecule has 1 aliphatic carbocycles. The number of rotatable bonds is 4. The van der Waals surface area contributed by atoms with Crippen molar-refractivity contribution in [2.45, 2.75) is 38.5 Å². The fourth-order valence-electron chi connectivity index (χ4n) is 3.36. The van der Waals surface area contributed by atoms with Gasteiger partial charge in [0.2, 0.25) is 5.91 Å². The fourth-order valence-corrected chi connectivity index (χ4v) is 3.36. The molecule has 0 spiro atoms. The molecule has 2 aliphatic rings. The highest BCUT2D eigenvalue weighted by Crippen LogP contribution is 2.23. The van der Waals surface area contributed by atoms with Gasteiger partial charge in [-0.3, -0.25) is 9.59 Å². The Kier molecular flexibility index (Phi) is 4.88. The molecule has 1 aromatic rings. The van der Waals surface area contributed by atoms with Crippen molar-refractivity contribution in [3.8, 4) is 0 Å². The van der Waals surface area contributed by atoms with Crippen LogP contribution in [0.5, 0.6) is 0 Å². The number of ketones is 1. The number of hydrogen-bond acceptors (Lipinski definition) is 3. The molecule has 1 aliphatic heterocycles. The standard InChI is InChI=1S/C18H24N2O2/c21-17(16-6-5-14-3-1-4-15(14)13-16)7-8-18(22)20-11-2-9-19-10-12-20/h5-6,13,19H,1-4,7-12H2. The SMILES string of the molecule is O=C(CCC(=O)N1CCCNCC1)c1ccc2c(c1)CCC2. The Morgan fingerprint density at radius 1 is 1.00 bits per heavy atom. The Hall–Kier alpha value is -1.68. The lowest BCUT2D eigenvalue weighted by atomic mass is 10.0. The number of hydrogen-bond donors (Lipinski definition) is 1. The van der Waals surface area contributed by atoms with Gasteiger partial charge in [-0.25, -0.2) is 0 Å². The maximum absolute atomic E-state index is 12.3. The number of Topliss-reactive ketones (excluding diaryl/α,β-unsaturated/α-hetero) is 1. The molecule has 1 heterocycles. The lowest BCUT2D eigenvalue weighted by Crippen LogP contribution is -2.34. The molecule has 0 saturated carbocycles. The molecule has 0 unspecified atom stereocenters. The molecule has 1 aromatic carbocycles. The van der Waals surface area contributed by atoms with Crippen LogP contribution in [-0.4, -0.2) is 42.8 Å². The minimum Gasteiger partial charge on any atom is -0.341 e. The molecule has 0 atom stereocenters. The minimum absolute atomic E-state index is 0.0935. The van der Waals surface area contributed by atoms with Gasteiger partial charge in [0.05, 0.1) is 0 Å².